The Hall–Kier alpha value is -1.88. The largest absolute Gasteiger partial charge is 0.384 e. The maximum absolute atomic E-state index is 13.3. The van der Waals surface area contributed by atoms with Gasteiger partial charge in [-0.05, 0) is 52.2 Å². The molecular formula is C16H14BrFN2O. The van der Waals surface area contributed by atoms with Gasteiger partial charge in [0.1, 0.15) is 5.82 Å². The molecule has 3 nitrogen and oxygen atoms in total. The summed E-state index contributed by atoms with van der Waals surface area (Å²) < 4.78 is 13.9. The highest BCUT2D eigenvalue weighted by atomic mass is 79.9. The van der Waals surface area contributed by atoms with Gasteiger partial charge in [0.25, 0.3) is 0 Å². The lowest BCUT2D eigenvalue weighted by Crippen LogP contribution is -2.33. The maximum atomic E-state index is 13.3. The van der Waals surface area contributed by atoms with Gasteiger partial charge in [-0.1, -0.05) is 18.2 Å². The average molecular weight is 349 g/mol. The second kappa shape index (κ2) is 5.85. The predicted octanol–water partition coefficient (Wildman–Crippen LogP) is 3.81. The van der Waals surface area contributed by atoms with Gasteiger partial charge < -0.3 is 10.6 Å². The van der Waals surface area contributed by atoms with E-state index < -0.39 is 0 Å². The monoisotopic (exact) mass is 348 g/mol. The summed E-state index contributed by atoms with van der Waals surface area (Å²) in [5.41, 5.74) is 2.66. The van der Waals surface area contributed by atoms with E-state index in [9.17, 15) is 9.18 Å². The number of fused-ring (bicyclic) bond motifs is 1. The van der Waals surface area contributed by atoms with Crippen molar-refractivity contribution in [2.45, 2.75) is 6.42 Å². The topological polar surface area (TPSA) is 41.1 Å². The second-order valence-electron chi connectivity index (χ2n) is 5.05. The number of benzene rings is 2. The molecule has 0 bridgehead atoms. The van der Waals surface area contributed by atoms with Crippen LogP contribution >= 0.6 is 15.9 Å². The Morgan fingerprint density at radius 1 is 1.29 bits per heavy atom. The fourth-order valence-electron chi connectivity index (χ4n) is 2.46. The molecule has 0 aromatic heterocycles. The first-order valence-corrected chi connectivity index (χ1v) is 7.50. The number of nitrogens with one attached hydrogen (secondary N) is 2. The molecule has 2 aromatic rings. The first-order valence-electron chi connectivity index (χ1n) is 6.71. The lowest BCUT2D eigenvalue weighted by Gasteiger charge is -2.25. The molecule has 5 heteroatoms. The number of carbonyl (C=O) groups is 1. The van der Waals surface area contributed by atoms with Crippen LogP contribution in [0, 0.1) is 11.7 Å². The number of rotatable bonds is 2. The maximum Gasteiger partial charge on any atom is 0.229 e. The molecule has 1 heterocycles. The molecule has 3 rings (SSSR count). The van der Waals surface area contributed by atoms with Crippen LogP contribution in [0.25, 0.3) is 0 Å². The van der Waals surface area contributed by atoms with E-state index in [1.165, 1.54) is 12.1 Å². The zero-order valence-electron chi connectivity index (χ0n) is 11.2. The zero-order chi connectivity index (χ0) is 14.8. The summed E-state index contributed by atoms with van der Waals surface area (Å²) in [5, 5.41) is 6.04. The van der Waals surface area contributed by atoms with E-state index in [4.69, 9.17) is 0 Å². The van der Waals surface area contributed by atoms with Crippen LogP contribution in [-0.2, 0) is 11.2 Å². The minimum atomic E-state index is -0.374. The van der Waals surface area contributed by atoms with Gasteiger partial charge in [-0.3, -0.25) is 4.79 Å². The van der Waals surface area contributed by atoms with Crippen molar-refractivity contribution in [2.24, 2.45) is 5.92 Å². The molecule has 108 valence electrons. The third kappa shape index (κ3) is 3.08. The van der Waals surface area contributed by atoms with E-state index >= 15 is 0 Å². The van der Waals surface area contributed by atoms with Crippen LogP contribution < -0.4 is 10.6 Å². The zero-order valence-corrected chi connectivity index (χ0v) is 12.8. The lowest BCUT2D eigenvalue weighted by molar-refractivity contribution is -0.119. The Morgan fingerprint density at radius 3 is 2.95 bits per heavy atom. The van der Waals surface area contributed by atoms with Crippen molar-refractivity contribution in [1.29, 1.82) is 0 Å². The number of carbonyl (C=O) groups excluding carboxylic acids is 1. The molecule has 1 aliphatic rings. The fourth-order valence-corrected chi connectivity index (χ4v) is 2.80. The first-order chi connectivity index (χ1) is 10.1. The number of halogens is 2. The minimum Gasteiger partial charge on any atom is -0.384 e. The number of anilines is 2. The van der Waals surface area contributed by atoms with Crippen LogP contribution in [0.15, 0.2) is 46.9 Å². The predicted molar refractivity (Wildman–Crippen MR) is 84.9 cm³/mol. The van der Waals surface area contributed by atoms with Crippen molar-refractivity contribution in [3.8, 4) is 0 Å². The summed E-state index contributed by atoms with van der Waals surface area (Å²) in [5.74, 6) is -0.654. The summed E-state index contributed by atoms with van der Waals surface area (Å²) in [6, 6.07) is 12.2. The normalized spacial score (nSPS) is 16.8. The van der Waals surface area contributed by atoms with Crippen molar-refractivity contribution in [2.75, 3.05) is 17.2 Å². The van der Waals surface area contributed by atoms with E-state index in [2.05, 4.69) is 26.6 Å². The summed E-state index contributed by atoms with van der Waals surface area (Å²) in [4.78, 5) is 12.3. The van der Waals surface area contributed by atoms with Gasteiger partial charge in [0, 0.05) is 16.7 Å². The molecule has 2 N–H and O–H groups in total. The van der Waals surface area contributed by atoms with Crippen LogP contribution in [0.4, 0.5) is 15.8 Å². The smallest absolute Gasteiger partial charge is 0.229 e. The third-order valence-electron chi connectivity index (χ3n) is 3.58. The number of hydrogen-bond donors (Lipinski definition) is 2. The summed E-state index contributed by atoms with van der Waals surface area (Å²) in [7, 11) is 0. The first kappa shape index (κ1) is 14.1. The van der Waals surface area contributed by atoms with E-state index in [0.717, 1.165) is 11.3 Å². The molecule has 0 aliphatic carbocycles. The Balaban J connectivity index is 1.74. The highest BCUT2D eigenvalue weighted by molar-refractivity contribution is 9.10. The Kier molecular flexibility index (Phi) is 3.92. The van der Waals surface area contributed by atoms with Crippen LogP contribution in [-0.4, -0.2) is 12.5 Å². The third-order valence-corrected chi connectivity index (χ3v) is 4.27. The Labute approximate surface area is 130 Å². The highest BCUT2D eigenvalue weighted by Gasteiger charge is 2.24. The van der Waals surface area contributed by atoms with Crippen LogP contribution in [0.1, 0.15) is 5.56 Å². The Morgan fingerprint density at radius 2 is 2.10 bits per heavy atom. The summed E-state index contributed by atoms with van der Waals surface area (Å²) in [6.07, 6.45) is 0.682. The van der Waals surface area contributed by atoms with Crippen molar-refractivity contribution in [3.63, 3.8) is 0 Å². The quantitative estimate of drug-likeness (QED) is 0.866. The van der Waals surface area contributed by atoms with Gasteiger partial charge in [0.2, 0.25) is 5.91 Å². The Bertz CT molecular complexity index is 690. The lowest BCUT2D eigenvalue weighted by atomic mass is 9.93. The average Bonchev–Trinajstić information content (AvgIpc) is 2.50. The number of hydrogen-bond acceptors (Lipinski definition) is 2. The second-order valence-corrected chi connectivity index (χ2v) is 5.91. The van der Waals surface area contributed by atoms with E-state index in [1.807, 2.05) is 24.3 Å². The molecule has 1 atom stereocenters. The van der Waals surface area contributed by atoms with Gasteiger partial charge in [0.15, 0.2) is 0 Å². The molecule has 0 fully saturated rings. The van der Waals surface area contributed by atoms with Gasteiger partial charge in [0.05, 0.1) is 11.6 Å². The highest BCUT2D eigenvalue weighted by Crippen LogP contribution is 2.27. The molecule has 1 aliphatic heterocycles. The van der Waals surface area contributed by atoms with Crippen LogP contribution in [0.3, 0.4) is 0 Å². The summed E-state index contributed by atoms with van der Waals surface area (Å²) >= 11 is 3.31. The minimum absolute atomic E-state index is 0.108. The number of amides is 1. The molecule has 21 heavy (non-hydrogen) atoms. The van der Waals surface area contributed by atoms with Gasteiger partial charge >= 0.3 is 0 Å². The van der Waals surface area contributed by atoms with E-state index in [-0.39, 0.29) is 17.6 Å². The summed E-state index contributed by atoms with van der Waals surface area (Å²) in [6.45, 7) is 0.579. The van der Waals surface area contributed by atoms with Gasteiger partial charge in [-0.25, -0.2) is 4.39 Å². The van der Waals surface area contributed by atoms with Gasteiger partial charge in [-0.2, -0.15) is 0 Å². The molecule has 1 amide bonds. The van der Waals surface area contributed by atoms with E-state index in [1.54, 1.807) is 6.07 Å². The van der Waals surface area contributed by atoms with Crippen molar-refractivity contribution < 1.29 is 9.18 Å². The molecule has 2 aromatic carbocycles. The SMILES string of the molecule is O=C(Nc1cc(F)ccc1Br)C1CNc2ccccc2C1. The van der Waals surface area contributed by atoms with E-state index in [0.29, 0.717) is 23.1 Å². The number of para-hydroxylation sites is 1. The van der Waals surface area contributed by atoms with Crippen LogP contribution in [0.5, 0.6) is 0 Å². The molecule has 0 saturated heterocycles. The van der Waals surface area contributed by atoms with Crippen molar-refractivity contribution >= 4 is 33.2 Å². The van der Waals surface area contributed by atoms with Crippen molar-refractivity contribution in [3.05, 3.63) is 58.3 Å². The standard InChI is InChI=1S/C16H14BrFN2O/c17-13-6-5-12(18)8-15(13)20-16(21)11-7-10-3-1-2-4-14(10)19-9-11/h1-6,8,11,19H,7,9H2,(H,20,21). The fraction of sp³-hybridized carbons (Fsp3) is 0.188. The van der Waals surface area contributed by atoms with Crippen LogP contribution in [0.2, 0.25) is 0 Å². The molecule has 0 spiro atoms. The molecule has 0 saturated carbocycles. The molecule has 1 unspecified atom stereocenters. The molecule has 0 radical (unpaired) electrons. The molecular weight excluding hydrogens is 335 g/mol. The van der Waals surface area contributed by atoms with Gasteiger partial charge in [-0.15, -0.1) is 0 Å². The van der Waals surface area contributed by atoms with Crippen molar-refractivity contribution in [1.82, 2.24) is 0 Å².